The van der Waals surface area contributed by atoms with E-state index < -0.39 is 0 Å². The average molecular weight is 274 g/mol. The highest BCUT2D eigenvalue weighted by atomic mass is 16.5. The molecule has 0 atom stereocenters. The first-order valence-electron chi connectivity index (χ1n) is 7.38. The van der Waals surface area contributed by atoms with Crippen LogP contribution >= 0.6 is 0 Å². The van der Waals surface area contributed by atoms with Crippen molar-refractivity contribution in [1.82, 2.24) is 0 Å². The summed E-state index contributed by atoms with van der Waals surface area (Å²) in [7, 11) is 0. The Hall–Kier alpha value is -1.77. The lowest BCUT2D eigenvalue weighted by Gasteiger charge is -2.08. The van der Waals surface area contributed by atoms with Crippen LogP contribution in [0.15, 0.2) is 33.5 Å². The van der Waals surface area contributed by atoms with Gasteiger partial charge in [0.15, 0.2) is 0 Å². The number of rotatable bonds is 7. The Morgan fingerprint density at radius 2 is 1.90 bits per heavy atom. The van der Waals surface area contributed by atoms with Crippen LogP contribution in [0.25, 0.3) is 11.0 Å². The predicted molar refractivity (Wildman–Crippen MR) is 81.5 cm³/mol. The van der Waals surface area contributed by atoms with Crippen molar-refractivity contribution in [3.05, 3.63) is 40.2 Å². The van der Waals surface area contributed by atoms with E-state index in [0.717, 1.165) is 17.4 Å². The van der Waals surface area contributed by atoms with Crippen LogP contribution in [0.3, 0.4) is 0 Å². The highest BCUT2D eigenvalue weighted by molar-refractivity contribution is 5.83. The van der Waals surface area contributed by atoms with E-state index in [1.54, 1.807) is 0 Å². The van der Waals surface area contributed by atoms with Crippen LogP contribution in [0.2, 0.25) is 0 Å². The van der Waals surface area contributed by atoms with Crippen molar-refractivity contribution >= 4 is 11.0 Å². The molecule has 2 rings (SSSR count). The molecule has 0 saturated heterocycles. The molecule has 0 bridgehead atoms. The molecule has 0 aliphatic heterocycles. The molecule has 0 spiro atoms. The molecule has 20 heavy (non-hydrogen) atoms. The summed E-state index contributed by atoms with van der Waals surface area (Å²) in [6.45, 7) is 4.86. The van der Waals surface area contributed by atoms with Crippen molar-refractivity contribution in [2.24, 2.45) is 0 Å². The number of fused-ring (bicyclic) bond motifs is 1. The Morgan fingerprint density at radius 1 is 1.10 bits per heavy atom. The van der Waals surface area contributed by atoms with E-state index in [1.807, 2.05) is 25.1 Å². The normalized spacial score (nSPS) is 10.9. The number of benzene rings is 1. The van der Waals surface area contributed by atoms with Gasteiger partial charge in [-0.2, -0.15) is 0 Å². The Balaban J connectivity index is 2.05. The number of hydrogen-bond donors (Lipinski definition) is 0. The van der Waals surface area contributed by atoms with Crippen LogP contribution < -0.4 is 10.4 Å². The molecule has 1 aromatic heterocycles. The summed E-state index contributed by atoms with van der Waals surface area (Å²) >= 11 is 0. The summed E-state index contributed by atoms with van der Waals surface area (Å²) in [4.78, 5) is 11.5. The van der Waals surface area contributed by atoms with E-state index in [1.165, 1.54) is 31.7 Å². The lowest BCUT2D eigenvalue weighted by Crippen LogP contribution is -2.03. The molecule has 0 saturated carbocycles. The van der Waals surface area contributed by atoms with E-state index in [-0.39, 0.29) is 5.63 Å². The number of aryl methyl sites for hydroxylation is 1. The first-order chi connectivity index (χ1) is 9.70. The zero-order valence-corrected chi connectivity index (χ0v) is 12.3. The first kappa shape index (κ1) is 14.6. The average Bonchev–Trinajstić information content (AvgIpc) is 2.43. The zero-order valence-electron chi connectivity index (χ0n) is 12.3. The molecule has 1 heterocycles. The third kappa shape index (κ3) is 3.86. The molecule has 3 heteroatoms. The molecular weight excluding hydrogens is 252 g/mol. The topological polar surface area (TPSA) is 39.4 Å². The lowest BCUT2D eigenvalue weighted by atomic mass is 10.1. The van der Waals surface area contributed by atoms with Gasteiger partial charge >= 0.3 is 5.63 Å². The monoisotopic (exact) mass is 274 g/mol. The van der Waals surface area contributed by atoms with Crippen LogP contribution in [-0.4, -0.2) is 6.61 Å². The Bertz CT molecular complexity index is 613. The molecule has 3 nitrogen and oxygen atoms in total. The third-order valence-electron chi connectivity index (χ3n) is 3.37. The van der Waals surface area contributed by atoms with Crippen LogP contribution in [0.5, 0.6) is 5.75 Å². The summed E-state index contributed by atoms with van der Waals surface area (Å²) in [6, 6.07) is 7.18. The summed E-state index contributed by atoms with van der Waals surface area (Å²) in [6.07, 6.45) is 5.96. The van der Waals surface area contributed by atoms with Crippen molar-refractivity contribution in [3.63, 3.8) is 0 Å². The molecule has 0 radical (unpaired) electrons. The summed E-state index contributed by atoms with van der Waals surface area (Å²) < 4.78 is 11.0. The summed E-state index contributed by atoms with van der Waals surface area (Å²) in [5.74, 6) is 0.635. The fourth-order valence-electron chi connectivity index (χ4n) is 2.26. The Morgan fingerprint density at radius 3 is 2.70 bits per heavy atom. The van der Waals surface area contributed by atoms with Gasteiger partial charge in [-0.25, -0.2) is 4.79 Å². The molecule has 0 aliphatic rings. The van der Waals surface area contributed by atoms with Crippen LogP contribution in [0.1, 0.15) is 44.6 Å². The van der Waals surface area contributed by atoms with Gasteiger partial charge in [0.2, 0.25) is 0 Å². The van der Waals surface area contributed by atoms with Crippen molar-refractivity contribution in [1.29, 1.82) is 0 Å². The zero-order chi connectivity index (χ0) is 14.4. The molecular formula is C17H22O3. The van der Waals surface area contributed by atoms with Gasteiger partial charge in [0.05, 0.1) is 18.1 Å². The van der Waals surface area contributed by atoms with Gasteiger partial charge in [-0.1, -0.05) is 44.2 Å². The second kappa shape index (κ2) is 7.13. The van der Waals surface area contributed by atoms with Gasteiger partial charge in [-0.3, -0.25) is 0 Å². The highest BCUT2D eigenvalue weighted by Gasteiger charge is 2.06. The van der Waals surface area contributed by atoms with E-state index in [9.17, 15) is 4.79 Å². The van der Waals surface area contributed by atoms with Crippen molar-refractivity contribution in [3.8, 4) is 5.75 Å². The van der Waals surface area contributed by atoms with Crippen molar-refractivity contribution in [2.75, 3.05) is 6.61 Å². The summed E-state index contributed by atoms with van der Waals surface area (Å²) in [5.41, 5.74) is 1.35. The highest BCUT2D eigenvalue weighted by Crippen LogP contribution is 2.25. The molecule has 0 aliphatic carbocycles. The van der Waals surface area contributed by atoms with Gasteiger partial charge in [-0.15, -0.1) is 0 Å². The first-order valence-corrected chi connectivity index (χ1v) is 7.38. The standard InChI is InChI=1S/C17H22O3/c1-3-4-5-6-7-10-19-16-12-17(18)20-15-9-8-13(2)11-14(15)16/h8-9,11-12H,3-7,10H2,1-2H3. The van der Waals surface area contributed by atoms with Crippen molar-refractivity contribution < 1.29 is 9.15 Å². The molecule has 2 aromatic rings. The second-order valence-corrected chi connectivity index (χ2v) is 5.19. The van der Waals surface area contributed by atoms with Gasteiger partial charge < -0.3 is 9.15 Å². The van der Waals surface area contributed by atoms with Gasteiger partial charge in [-0.05, 0) is 25.5 Å². The quantitative estimate of drug-likeness (QED) is 0.553. The van der Waals surface area contributed by atoms with E-state index in [4.69, 9.17) is 9.15 Å². The maximum Gasteiger partial charge on any atom is 0.339 e. The smallest absolute Gasteiger partial charge is 0.339 e. The minimum atomic E-state index is -0.359. The predicted octanol–water partition coefficient (Wildman–Crippen LogP) is 4.45. The largest absolute Gasteiger partial charge is 0.493 e. The number of hydrogen-bond acceptors (Lipinski definition) is 3. The molecule has 0 N–H and O–H groups in total. The molecule has 1 aromatic carbocycles. The molecule has 0 amide bonds. The number of ether oxygens (including phenoxy) is 1. The van der Waals surface area contributed by atoms with Gasteiger partial charge in [0.1, 0.15) is 11.3 Å². The van der Waals surface area contributed by atoms with Crippen LogP contribution in [-0.2, 0) is 0 Å². The molecule has 0 fully saturated rings. The lowest BCUT2D eigenvalue weighted by molar-refractivity contribution is 0.305. The van der Waals surface area contributed by atoms with Crippen LogP contribution in [0, 0.1) is 6.92 Å². The van der Waals surface area contributed by atoms with Gasteiger partial charge in [0, 0.05) is 0 Å². The summed E-state index contributed by atoms with van der Waals surface area (Å²) in [5, 5.41) is 0.873. The van der Waals surface area contributed by atoms with Gasteiger partial charge in [0.25, 0.3) is 0 Å². The third-order valence-corrected chi connectivity index (χ3v) is 3.37. The fourth-order valence-corrected chi connectivity index (χ4v) is 2.26. The van der Waals surface area contributed by atoms with Crippen LogP contribution in [0.4, 0.5) is 0 Å². The maximum atomic E-state index is 11.5. The Kier molecular flexibility index (Phi) is 5.22. The number of unbranched alkanes of at least 4 members (excludes halogenated alkanes) is 4. The fraction of sp³-hybridized carbons (Fsp3) is 0.471. The SMILES string of the molecule is CCCCCCCOc1cc(=O)oc2ccc(C)cc12. The molecule has 0 unspecified atom stereocenters. The molecule has 108 valence electrons. The van der Waals surface area contributed by atoms with E-state index in [2.05, 4.69) is 6.92 Å². The minimum Gasteiger partial charge on any atom is -0.493 e. The second-order valence-electron chi connectivity index (χ2n) is 5.19. The maximum absolute atomic E-state index is 11.5. The van der Waals surface area contributed by atoms with E-state index >= 15 is 0 Å². The van der Waals surface area contributed by atoms with Crippen molar-refractivity contribution in [2.45, 2.75) is 46.0 Å². The Labute approximate surface area is 119 Å². The van der Waals surface area contributed by atoms with E-state index in [0.29, 0.717) is 17.9 Å². The minimum absolute atomic E-state index is 0.359.